The summed E-state index contributed by atoms with van der Waals surface area (Å²) in [4.78, 5) is 8.56. The molecule has 0 saturated carbocycles. The SMILES string of the molecule is [B]1c2ncccc2-c2cccnc21. The van der Waals surface area contributed by atoms with Gasteiger partial charge in [-0.2, -0.15) is 0 Å². The fourth-order valence-corrected chi connectivity index (χ4v) is 1.65. The van der Waals surface area contributed by atoms with Gasteiger partial charge in [0.1, 0.15) is 0 Å². The number of nitrogens with zero attached hydrogens (tertiary/aromatic N) is 2. The van der Waals surface area contributed by atoms with Gasteiger partial charge in [-0.25, -0.2) is 0 Å². The summed E-state index contributed by atoms with van der Waals surface area (Å²) in [6.07, 6.45) is 3.61. The van der Waals surface area contributed by atoms with Crippen LogP contribution in [0.1, 0.15) is 0 Å². The van der Waals surface area contributed by atoms with E-state index in [1.54, 1.807) is 12.4 Å². The molecule has 0 aliphatic carbocycles. The zero-order chi connectivity index (χ0) is 8.67. The van der Waals surface area contributed by atoms with Gasteiger partial charge in [-0.05, 0) is 23.3 Å². The Balaban J connectivity index is 2.32. The van der Waals surface area contributed by atoms with E-state index in [0.29, 0.717) is 0 Å². The Morgan fingerprint density at radius 3 is 1.92 bits per heavy atom. The lowest BCUT2D eigenvalue weighted by atomic mass is 9.74. The molecule has 0 saturated heterocycles. The Morgan fingerprint density at radius 1 is 0.846 bits per heavy atom. The fraction of sp³-hybridized carbons (Fsp3) is 0. The summed E-state index contributed by atoms with van der Waals surface area (Å²) < 4.78 is 0. The molecule has 0 bridgehead atoms. The molecule has 2 nitrogen and oxygen atoms in total. The Morgan fingerprint density at radius 2 is 1.38 bits per heavy atom. The van der Waals surface area contributed by atoms with Gasteiger partial charge in [-0.3, -0.25) is 9.97 Å². The van der Waals surface area contributed by atoms with E-state index in [-0.39, 0.29) is 0 Å². The molecule has 3 heteroatoms. The van der Waals surface area contributed by atoms with E-state index in [2.05, 4.69) is 22.1 Å². The largest absolute Gasteiger partial charge is 0.271 e. The van der Waals surface area contributed by atoms with Crippen LogP contribution in [0, 0.1) is 0 Å². The standard InChI is InChI=1S/C10H6BN2/c1-3-7-8-4-2-6-13-10(8)11-9(7)12-5-1/h1-6H. The number of rotatable bonds is 0. The van der Waals surface area contributed by atoms with Gasteiger partial charge in [0.05, 0.1) is 0 Å². The minimum Gasteiger partial charge on any atom is -0.271 e. The summed E-state index contributed by atoms with van der Waals surface area (Å²) in [6, 6.07) is 8.06. The Hall–Kier alpha value is -1.64. The number of hydrogen-bond acceptors (Lipinski definition) is 2. The highest BCUT2D eigenvalue weighted by Gasteiger charge is 2.20. The van der Waals surface area contributed by atoms with E-state index in [1.165, 1.54) is 11.1 Å². The number of pyridine rings is 2. The van der Waals surface area contributed by atoms with Crippen molar-refractivity contribution in [3.8, 4) is 11.1 Å². The zero-order valence-corrected chi connectivity index (χ0v) is 6.94. The van der Waals surface area contributed by atoms with Crippen LogP contribution in [0.3, 0.4) is 0 Å². The van der Waals surface area contributed by atoms with Gasteiger partial charge in [-0.15, -0.1) is 0 Å². The summed E-state index contributed by atoms with van der Waals surface area (Å²) in [5, 5.41) is 0. The van der Waals surface area contributed by atoms with Crippen molar-refractivity contribution in [2.24, 2.45) is 0 Å². The Labute approximate surface area is 76.9 Å². The maximum atomic E-state index is 4.28. The summed E-state index contributed by atoms with van der Waals surface area (Å²) >= 11 is 0. The molecule has 13 heavy (non-hydrogen) atoms. The fourth-order valence-electron chi connectivity index (χ4n) is 1.65. The maximum absolute atomic E-state index is 4.28. The average molecular weight is 165 g/mol. The van der Waals surface area contributed by atoms with Gasteiger partial charge >= 0.3 is 0 Å². The van der Waals surface area contributed by atoms with E-state index >= 15 is 0 Å². The predicted octanol–water partition coefficient (Wildman–Crippen LogP) is 0.112. The highest BCUT2D eigenvalue weighted by atomic mass is 14.7. The van der Waals surface area contributed by atoms with Crippen molar-refractivity contribution in [2.75, 3.05) is 0 Å². The van der Waals surface area contributed by atoms with Crippen molar-refractivity contribution in [3.05, 3.63) is 36.7 Å². The second-order valence-corrected chi connectivity index (χ2v) is 3.02. The van der Waals surface area contributed by atoms with Crippen LogP contribution >= 0.6 is 0 Å². The molecule has 0 atom stereocenters. The first-order chi connectivity index (χ1) is 6.45. The molecule has 0 aromatic carbocycles. The van der Waals surface area contributed by atoms with E-state index in [4.69, 9.17) is 0 Å². The van der Waals surface area contributed by atoms with E-state index in [0.717, 1.165) is 11.2 Å². The van der Waals surface area contributed by atoms with Crippen LogP contribution in [-0.2, 0) is 0 Å². The lowest BCUT2D eigenvalue weighted by Gasteiger charge is -1.97. The van der Waals surface area contributed by atoms with Gasteiger partial charge in [-0.1, -0.05) is 12.1 Å². The van der Waals surface area contributed by atoms with Crippen molar-refractivity contribution in [3.63, 3.8) is 0 Å². The van der Waals surface area contributed by atoms with Crippen molar-refractivity contribution >= 4 is 18.5 Å². The first kappa shape index (κ1) is 6.84. The summed E-state index contributed by atoms with van der Waals surface area (Å²) in [5.41, 5.74) is 4.42. The lowest BCUT2D eigenvalue weighted by molar-refractivity contribution is 1.39. The van der Waals surface area contributed by atoms with Crippen LogP contribution in [0.4, 0.5) is 0 Å². The van der Waals surface area contributed by atoms with Crippen molar-refractivity contribution < 1.29 is 0 Å². The van der Waals surface area contributed by atoms with Crippen molar-refractivity contribution in [1.29, 1.82) is 0 Å². The lowest BCUT2D eigenvalue weighted by Crippen LogP contribution is -2.25. The van der Waals surface area contributed by atoms with Crippen LogP contribution < -0.4 is 11.2 Å². The number of fused-ring (bicyclic) bond motifs is 3. The van der Waals surface area contributed by atoms with Crippen LogP contribution in [0.25, 0.3) is 11.1 Å². The molecular weight excluding hydrogens is 159 g/mol. The highest BCUT2D eigenvalue weighted by Crippen LogP contribution is 2.16. The normalized spacial score (nSPS) is 11.7. The number of aromatic nitrogens is 2. The first-order valence-electron chi connectivity index (χ1n) is 4.20. The molecule has 0 spiro atoms. The minimum atomic E-state index is 1.02. The quantitative estimate of drug-likeness (QED) is 0.442. The molecule has 0 amide bonds. The summed E-state index contributed by atoms with van der Waals surface area (Å²) in [6.45, 7) is 0. The monoisotopic (exact) mass is 165 g/mol. The maximum Gasteiger partial charge on any atom is 0.244 e. The third-order valence-corrected chi connectivity index (χ3v) is 2.24. The molecule has 1 aliphatic heterocycles. The van der Waals surface area contributed by atoms with Gasteiger partial charge in [0, 0.05) is 23.6 Å². The average Bonchev–Trinajstić information content (AvgIpc) is 2.56. The van der Waals surface area contributed by atoms with Crippen LogP contribution in [-0.4, -0.2) is 17.2 Å². The molecule has 0 fully saturated rings. The zero-order valence-electron chi connectivity index (χ0n) is 6.94. The molecule has 59 valence electrons. The Bertz CT molecular complexity index is 424. The van der Waals surface area contributed by atoms with E-state index in [9.17, 15) is 0 Å². The van der Waals surface area contributed by atoms with Crippen molar-refractivity contribution in [1.82, 2.24) is 9.97 Å². The topological polar surface area (TPSA) is 25.8 Å². The van der Waals surface area contributed by atoms with Gasteiger partial charge in [0.2, 0.25) is 7.28 Å². The molecule has 3 heterocycles. The van der Waals surface area contributed by atoms with Crippen LogP contribution in [0.5, 0.6) is 0 Å². The third-order valence-electron chi connectivity index (χ3n) is 2.24. The second kappa shape index (κ2) is 2.42. The van der Waals surface area contributed by atoms with Crippen LogP contribution in [0.2, 0.25) is 0 Å². The van der Waals surface area contributed by atoms with Crippen LogP contribution in [0.15, 0.2) is 36.7 Å². The summed E-state index contributed by atoms with van der Waals surface area (Å²) in [5.74, 6) is 0. The second-order valence-electron chi connectivity index (χ2n) is 3.02. The van der Waals surface area contributed by atoms with Gasteiger partial charge in [0.15, 0.2) is 0 Å². The predicted molar refractivity (Wildman–Crippen MR) is 52.5 cm³/mol. The number of hydrogen-bond donors (Lipinski definition) is 0. The van der Waals surface area contributed by atoms with E-state index in [1.807, 2.05) is 19.4 Å². The van der Waals surface area contributed by atoms with Crippen molar-refractivity contribution in [2.45, 2.75) is 0 Å². The third kappa shape index (κ3) is 0.901. The smallest absolute Gasteiger partial charge is 0.244 e. The van der Waals surface area contributed by atoms with Gasteiger partial charge in [0.25, 0.3) is 0 Å². The van der Waals surface area contributed by atoms with E-state index < -0.39 is 0 Å². The Kier molecular flexibility index (Phi) is 1.27. The minimum absolute atomic E-state index is 1.02. The molecule has 0 unspecified atom stereocenters. The molecular formula is C10H6BN2. The molecule has 1 radical (unpaired) electrons. The highest BCUT2D eigenvalue weighted by molar-refractivity contribution is 6.71. The molecule has 2 aromatic heterocycles. The molecule has 1 aliphatic rings. The molecule has 3 rings (SSSR count). The molecule has 0 N–H and O–H groups in total. The summed E-state index contributed by atoms with van der Waals surface area (Å²) in [7, 11) is 2.02. The molecule has 2 aromatic rings. The van der Waals surface area contributed by atoms with Gasteiger partial charge < -0.3 is 0 Å². The first-order valence-corrected chi connectivity index (χ1v) is 4.20.